The maximum atomic E-state index is 14.4. The Morgan fingerprint density at radius 1 is 0.776 bits per heavy atom. The topological polar surface area (TPSA) is 143 Å². The summed E-state index contributed by atoms with van der Waals surface area (Å²) in [6, 6.07) is 19.2. The van der Waals surface area contributed by atoms with Crippen molar-refractivity contribution >= 4 is 34.6 Å². The van der Waals surface area contributed by atoms with E-state index >= 15 is 0 Å². The summed E-state index contributed by atoms with van der Waals surface area (Å²) in [5, 5.41) is 13.1. The molecule has 3 amide bonds. The number of fused-ring (bicyclic) bond motifs is 1. The van der Waals surface area contributed by atoms with Crippen molar-refractivity contribution in [2.45, 2.75) is 128 Å². The fourth-order valence-corrected chi connectivity index (χ4v) is 6.35. The summed E-state index contributed by atoms with van der Waals surface area (Å²) in [5.74, 6) is -2.32. The van der Waals surface area contributed by atoms with Gasteiger partial charge < -0.3 is 21.1 Å². The number of pyridine rings is 1. The van der Waals surface area contributed by atoms with Gasteiger partial charge in [-0.1, -0.05) is 132 Å². The second kappa shape index (κ2) is 22.4. The molecule has 1 aromatic heterocycles. The van der Waals surface area contributed by atoms with Crippen molar-refractivity contribution in [2.24, 2.45) is 5.73 Å². The quantitative estimate of drug-likeness (QED) is 0.0791. The zero-order valence-corrected chi connectivity index (χ0v) is 29.3. The molecule has 0 fully saturated rings. The Bertz CT molecular complexity index is 1450. The Morgan fingerprint density at radius 2 is 1.41 bits per heavy atom. The number of carbonyl (C=O) groups excluding carboxylic acids is 3. The van der Waals surface area contributed by atoms with Crippen LogP contribution < -0.4 is 11.1 Å². The molecule has 0 aliphatic rings. The van der Waals surface area contributed by atoms with Crippen LogP contribution in [-0.4, -0.2) is 57.3 Å². The first-order valence-corrected chi connectivity index (χ1v) is 18.3. The number of aromatic nitrogens is 1. The lowest BCUT2D eigenvalue weighted by molar-refractivity contribution is -0.139. The van der Waals surface area contributed by atoms with E-state index in [1.165, 1.54) is 51.4 Å². The monoisotopic (exact) mass is 672 g/mol. The first kappa shape index (κ1) is 39.2. The van der Waals surface area contributed by atoms with Crippen molar-refractivity contribution < 1.29 is 24.3 Å². The van der Waals surface area contributed by atoms with Gasteiger partial charge in [-0.15, -0.1) is 0 Å². The molecule has 1 heterocycles. The predicted molar refractivity (Wildman–Crippen MR) is 195 cm³/mol. The molecule has 3 rings (SSSR count). The minimum Gasteiger partial charge on any atom is -0.481 e. The Morgan fingerprint density at radius 3 is 2.06 bits per heavy atom. The number of aliphatic carboxylic acids is 1. The summed E-state index contributed by atoms with van der Waals surface area (Å²) in [7, 11) is 0. The standard InChI is InChI=1S/C40H56N4O5/c1-2-3-4-5-6-7-8-9-10-11-15-22-33(30-37(41)45)44(29-28-31-19-13-12-14-20-31)40(49)36(24-18-25-38(46)47)43-39(48)35-27-26-32-21-16-17-23-34(32)42-35/h12-14,16-17,19-21,23,26-27,33,36H,2-11,15,18,22,24-25,28-30H2,1H3,(H2,41,45)(H,43,48)(H,46,47)/t33-,36-/m0/s1. The van der Waals surface area contributed by atoms with E-state index in [1.54, 1.807) is 17.0 Å². The van der Waals surface area contributed by atoms with Crippen LogP contribution in [0.5, 0.6) is 0 Å². The van der Waals surface area contributed by atoms with Gasteiger partial charge in [0.1, 0.15) is 11.7 Å². The van der Waals surface area contributed by atoms with Crippen LogP contribution in [0.2, 0.25) is 0 Å². The number of rotatable bonds is 25. The first-order chi connectivity index (χ1) is 23.8. The van der Waals surface area contributed by atoms with Gasteiger partial charge in [0.25, 0.3) is 5.91 Å². The van der Waals surface area contributed by atoms with Crippen molar-refractivity contribution in [3.05, 3.63) is 78.0 Å². The normalized spacial score (nSPS) is 12.3. The number of amides is 3. The van der Waals surface area contributed by atoms with Crippen LogP contribution in [0.3, 0.4) is 0 Å². The van der Waals surface area contributed by atoms with Gasteiger partial charge in [0.05, 0.1) is 5.52 Å². The van der Waals surface area contributed by atoms with Gasteiger partial charge in [-0.25, -0.2) is 4.98 Å². The van der Waals surface area contributed by atoms with Crippen LogP contribution in [0.25, 0.3) is 10.9 Å². The molecule has 3 aromatic rings. The molecule has 0 radical (unpaired) electrons. The highest BCUT2D eigenvalue weighted by Gasteiger charge is 2.32. The van der Waals surface area contributed by atoms with Crippen LogP contribution in [0.4, 0.5) is 0 Å². The third-order valence-corrected chi connectivity index (χ3v) is 9.10. The summed E-state index contributed by atoms with van der Waals surface area (Å²) in [6.07, 6.45) is 14.5. The molecule has 0 aliphatic carbocycles. The lowest BCUT2D eigenvalue weighted by Gasteiger charge is -2.35. The number of hydrogen-bond acceptors (Lipinski definition) is 5. The summed E-state index contributed by atoms with van der Waals surface area (Å²) >= 11 is 0. The van der Waals surface area contributed by atoms with E-state index in [2.05, 4.69) is 17.2 Å². The maximum Gasteiger partial charge on any atom is 0.303 e. The molecule has 49 heavy (non-hydrogen) atoms. The second-order valence-corrected chi connectivity index (χ2v) is 13.1. The highest BCUT2D eigenvalue weighted by molar-refractivity contribution is 5.98. The Labute approximate surface area is 292 Å². The van der Waals surface area contributed by atoms with Crippen molar-refractivity contribution in [1.29, 1.82) is 0 Å². The molecule has 266 valence electrons. The Kier molecular flexibility index (Phi) is 17.9. The third kappa shape index (κ3) is 14.8. The van der Waals surface area contributed by atoms with Crippen LogP contribution in [-0.2, 0) is 20.8 Å². The lowest BCUT2D eigenvalue weighted by Crippen LogP contribution is -2.53. The molecule has 4 N–H and O–H groups in total. The number of unbranched alkanes of at least 4 members (excludes halogenated alkanes) is 10. The van der Waals surface area contributed by atoms with Crippen LogP contribution >= 0.6 is 0 Å². The molecule has 9 nitrogen and oxygen atoms in total. The molecule has 0 spiro atoms. The first-order valence-electron chi connectivity index (χ1n) is 18.3. The molecule has 2 aromatic carbocycles. The average Bonchev–Trinajstić information content (AvgIpc) is 3.09. The molecular weight excluding hydrogens is 616 g/mol. The number of hydrogen-bond donors (Lipinski definition) is 3. The van der Waals surface area contributed by atoms with Gasteiger partial charge in [0, 0.05) is 30.8 Å². The average molecular weight is 673 g/mol. The fraction of sp³-hybridized carbons (Fsp3) is 0.525. The van der Waals surface area contributed by atoms with E-state index < -0.39 is 29.9 Å². The van der Waals surface area contributed by atoms with E-state index in [9.17, 15) is 24.3 Å². The van der Waals surface area contributed by atoms with E-state index in [0.29, 0.717) is 24.9 Å². The number of primary amides is 1. The highest BCUT2D eigenvalue weighted by Crippen LogP contribution is 2.20. The van der Waals surface area contributed by atoms with Gasteiger partial charge in [-0.2, -0.15) is 0 Å². The Balaban J connectivity index is 1.75. The molecular formula is C40H56N4O5. The lowest BCUT2D eigenvalue weighted by atomic mass is 9.98. The Hall–Kier alpha value is -4.27. The SMILES string of the molecule is CCCCCCCCCCCCC[C@@H](CC(N)=O)N(CCc1ccccc1)C(=O)[C@H](CCCC(=O)O)NC(=O)c1ccc2ccccc2n1. The number of carbonyl (C=O) groups is 4. The van der Waals surface area contributed by atoms with Gasteiger partial charge in [-0.3, -0.25) is 19.2 Å². The number of carboxylic acids is 1. The molecule has 0 aliphatic heterocycles. The number of carboxylic acid groups (broad SMARTS) is 1. The van der Waals surface area contributed by atoms with Gasteiger partial charge >= 0.3 is 5.97 Å². The maximum absolute atomic E-state index is 14.4. The van der Waals surface area contributed by atoms with Crippen LogP contribution in [0, 0.1) is 0 Å². The van der Waals surface area contributed by atoms with Gasteiger partial charge in [0.2, 0.25) is 11.8 Å². The van der Waals surface area contributed by atoms with E-state index in [4.69, 9.17) is 5.73 Å². The van der Waals surface area contributed by atoms with E-state index in [0.717, 1.165) is 30.2 Å². The molecule has 0 unspecified atom stereocenters. The molecule has 0 bridgehead atoms. The van der Waals surface area contributed by atoms with Crippen molar-refractivity contribution in [1.82, 2.24) is 15.2 Å². The fourth-order valence-electron chi connectivity index (χ4n) is 6.35. The zero-order chi connectivity index (χ0) is 35.3. The summed E-state index contributed by atoms with van der Waals surface area (Å²) < 4.78 is 0. The smallest absolute Gasteiger partial charge is 0.303 e. The van der Waals surface area contributed by atoms with E-state index in [-0.39, 0.29) is 37.3 Å². The minimum atomic E-state index is -0.997. The van der Waals surface area contributed by atoms with Gasteiger partial charge in [0.15, 0.2) is 0 Å². The molecule has 2 atom stereocenters. The second-order valence-electron chi connectivity index (χ2n) is 13.1. The van der Waals surface area contributed by atoms with E-state index in [1.807, 2.05) is 54.6 Å². The number of para-hydroxylation sites is 1. The summed E-state index contributed by atoms with van der Waals surface area (Å²) in [5.41, 5.74) is 7.60. The van der Waals surface area contributed by atoms with Crippen molar-refractivity contribution in [3.8, 4) is 0 Å². The number of nitrogens with two attached hydrogens (primary N) is 1. The predicted octanol–water partition coefficient (Wildman–Crippen LogP) is 7.60. The molecule has 0 saturated heterocycles. The number of benzene rings is 2. The summed E-state index contributed by atoms with van der Waals surface area (Å²) in [4.78, 5) is 57.8. The van der Waals surface area contributed by atoms with Crippen molar-refractivity contribution in [2.75, 3.05) is 6.54 Å². The zero-order valence-electron chi connectivity index (χ0n) is 29.3. The summed E-state index contributed by atoms with van der Waals surface area (Å²) in [6.45, 7) is 2.56. The largest absolute Gasteiger partial charge is 0.481 e. The van der Waals surface area contributed by atoms with Crippen molar-refractivity contribution in [3.63, 3.8) is 0 Å². The number of nitrogens with one attached hydrogen (secondary N) is 1. The third-order valence-electron chi connectivity index (χ3n) is 9.10. The minimum absolute atomic E-state index is 0.0142. The molecule has 9 heteroatoms. The highest BCUT2D eigenvalue weighted by atomic mass is 16.4. The molecule has 0 saturated carbocycles. The number of nitrogens with zero attached hydrogens (tertiary/aromatic N) is 2. The van der Waals surface area contributed by atoms with Crippen LogP contribution in [0.1, 0.15) is 126 Å². The van der Waals surface area contributed by atoms with Crippen LogP contribution in [0.15, 0.2) is 66.7 Å². The van der Waals surface area contributed by atoms with Gasteiger partial charge in [-0.05, 0) is 43.4 Å².